The molecule has 0 bridgehead atoms. The van der Waals surface area contributed by atoms with Gasteiger partial charge in [-0.1, -0.05) is 0 Å². The SMILES string of the molecule is N.NCCCNCCSP(=O)(O)O. The predicted molar refractivity (Wildman–Crippen MR) is 56.1 cm³/mol. The van der Waals surface area contributed by atoms with Crippen molar-refractivity contribution in [3.8, 4) is 0 Å². The lowest BCUT2D eigenvalue weighted by Gasteiger charge is -2.04. The number of nitrogens with two attached hydrogens (primary N) is 1. The first-order valence-electron chi connectivity index (χ1n) is 3.67. The van der Waals surface area contributed by atoms with Crippen LogP contribution >= 0.6 is 18.2 Å². The number of hydrogen-bond donors (Lipinski definition) is 5. The molecule has 0 radical (unpaired) electrons. The molecule has 0 saturated heterocycles. The van der Waals surface area contributed by atoms with Crippen molar-refractivity contribution in [3.05, 3.63) is 0 Å². The van der Waals surface area contributed by atoms with Crippen LogP contribution in [0.4, 0.5) is 0 Å². The largest absolute Gasteiger partial charge is 0.384 e. The highest BCUT2D eigenvalue weighted by atomic mass is 32.7. The zero-order valence-corrected chi connectivity index (χ0v) is 9.19. The lowest BCUT2D eigenvalue weighted by molar-refractivity contribution is 0.397. The van der Waals surface area contributed by atoms with Crippen LogP contribution in [0.15, 0.2) is 0 Å². The van der Waals surface area contributed by atoms with Crippen molar-refractivity contribution in [2.24, 2.45) is 5.73 Å². The number of nitrogens with one attached hydrogen (secondary N) is 1. The normalized spacial score (nSPS) is 11.0. The van der Waals surface area contributed by atoms with E-state index < -0.39 is 6.80 Å². The van der Waals surface area contributed by atoms with E-state index in [9.17, 15) is 4.57 Å². The van der Waals surface area contributed by atoms with Crippen molar-refractivity contribution >= 4 is 18.2 Å². The van der Waals surface area contributed by atoms with Crippen LogP contribution in [-0.4, -0.2) is 35.2 Å². The van der Waals surface area contributed by atoms with E-state index in [2.05, 4.69) is 5.32 Å². The summed E-state index contributed by atoms with van der Waals surface area (Å²) in [6.07, 6.45) is 0.889. The molecule has 0 fully saturated rings. The van der Waals surface area contributed by atoms with Crippen LogP contribution < -0.4 is 17.2 Å². The molecule has 13 heavy (non-hydrogen) atoms. The van der Waals surface area contributed by atoms with Gasteiger partial charge < -0.3 is 27.0 Å². The molecule has 82 valence electrons. The van der Waals surface area contributed by atoms with Gasteiger partial charge in [0.1, 0.15) is 0 Å². The van der Waals surface area contributed by atoms with Gasteiger partial charge in [0.05, 0.1) is 0 Å². The zero-order chi connectivity index (χ0) is 9.45. The minimum absolute atomic E-state index is 0. The van der Waals surface area contributed by atoms with Gasteiger partial charge in [0.25, 0.3) is 0 Å². The van der Waals surface area contributed by atoms with Gasteiger partial charge in [0.2, 0.25) is 0 Å². The van der Waals surface area contributed by atoms with Crippen LogP contribution in [0.2, 0.25) is 0 Å². The first-order chi connectivity index (χ1) is 5.56. The van der Waals surface area contributed by atoms with Gasteiger partial charge in [-0.25, -0.2) is 4.57 Å². The van der Waals surface area contributed by atoms with E-state index in [1.807, 2.05) is 0 Å². The van der Waals surface area contributed by atoms with E-state index in [1.165, 1.54) is 0 Å². The van der Waals surface area contributed by atoms with Crippen molar-refractivity contribution in [2.75, 3.05) is 25.4 Å². The second-order valence-corrected chi connectivity index (χ2v) is 6.07. The Kier molecular flexibility index (Phi) is 10.9. The smallest absolute Gasteiger partial charge is 0.344 e. The van der Waals surface area contributed by atoms with E-state index in [4.69, 9.17) is 15.5 Å². The van der Waals surface area contributed by atoms with Gasteiger partial charge in [-0.05, 0) is 30.9 Å². The lowest BCUT2D eigenvalue weighted by atomic mass is 10.4. The van der Waals surface area contributed by atoms with Gasteiger partial charge in [0, 0.05) is 12.3 Å². The summed E-state index contributed by atoms with van der Waals surface area (Å²) in [4.78, 5) is 16.9. The maximum atomic E-state index is 10.3. The van der Waals surface area contributed by atoms with Crippen LogP contribution in [0, 0.1) is 0 Å². The first-order valence-corrected chi connectivity index (χ1v) is 6.87. The van der Waals surface area contributed by atoms with Crippen LogP contribution in [0.3, 0.4) is 0 Å². The maximum Gasteiger partial charge on any atom is 0.384 e. The summed E-state index contributed by atoms with van der Waals surface area (Å²) in [5, 5.41) is 3.01. The minimum atomic E-state index is -3.87. The third kappa shape index (κ3) is 15.2. The van der Waals surface area contributed by atoms with Gasteiger partial charge in [0.15, 0.2) is 0 Å². The number of rotatable bonds is 7. The van der Waals surface area contributed by atoms with Crippen LogP contribution in [0.1, 0.15) is 6.42 Å². The number of hydrogen-bond acceptors (Lipinski definition) is 5. The molecule has 0 aliphatic carbocycles. The molecule has 8 N–H and O–H groups in total. The van der Waals surface area contributed by atoms with Crippen molar-refractivity contribution < 1.29 is 14.4 Å². The third-order valence-corrected chi connectivity index (χ3v) is 3.38. The van der Waals surface area contributed by atoms with E-state index in [0.717, 1.165) is 13.0 Å². The van der Waals surface area contributed by atoms with Crippen LogP contribution in [0.5, 0.6) is 0 Å². The quantitative estimate of drug-likeness (QED) is 0.306. The Morgan fingerprint density at radius 3 is 2.46 bits per heavy atom. The standard InChI is InChI=1S/C5H15N2O3PS.H3N/c6-2-1-3-7-4-5-12-11(8,9)10;/h7H,1-6H2,(H2,8,9,10);1H3. The molecule has 0 spiro atoms. The summed E-state index contributed by atoms with van der Waals surface area (Å²) in [6, 6.07) is 0. The van der Waals surface area contributed by atoms with E-state index in [-0.39, 0.29) is 6.15 Å². The van der Waals surface area contributed by atoms with Crippen LogP contribution in [0.25, 0.3) is 0 Å². The molecule has 8 heteroatoms. The Bertz CT molecular complexity index is 154. The van der Waals surface area contributed by atoms with Crippen molar-refractivity contribution in [1.82, 2.24) is 11.5 Å². The maximum absolute atomic E-state index is 10.3. The summed E-state index contributed by atoms with van der Waals surface area (Å²) in [6.45, 7) is -1.82. The molecule has 0 aromatic carbocycles. The molecule has 0 saturated carbocycles. The first kappa shape index (κ1) is 15.8. The predicted octanol–water partition coefficient (Wildman–Crippen LogP) is -0.0873. The zero-order valence-electron chi connectivity index (χ0n) is 7.48. The average molecular weight is 231 g/mol. The highest BCUT2D eigenvalue weighted by molar-refractivity contribution is 8.54. The van der Waals surface area contributed by atoms with Crippen molar-refractivity contribution in [1.29, 1.82) is 0 Å². The molecular weight excluding hydrogens is 213 g/mol. The average Bonchev–Trinajstić information content (AvgIpc) is 1.94. The Morgan fingerprint density at radius 1 is 1.38 bits per heavy atom. The molecule has 0 heterocycles. The summed E-state index contributed by atoms with van der Waals surface area (Å²) < 4.78 is 10.3. The van der Waals surface area contributed by atoms with Crippen molar-refractivity contribution in [2.45, 2.75) is 6.42 Å². The highest BCUT2D eigenvalue weighted by Gasteiger charge is 2.11. The highest BCUT2D eigenvalue weighted by Crippen LogP contribution is 2.49. The molecule has 0 aromatic rings. The molecule has 0 amide bonds. The Hall–Kier alpha value is 0.380. The molecule has 0 rings (SSSR count). The summed E-state index contributed by atoms with van der Waals surface area (Å²) in [5.74, 6) is 0.425. The fourth-order valence-electron chi connectivity index (χ4n) is 0.589. The second-order valence-electron chi connectivity index (χ2n) is 2.22. The van der Waals surface area contributed by atoms with E-state index in [1.54, 1.807) is 0 Å². The van der Waals surface area contributed by atoms with Crippen molar-refractivity contribution in [3.63, 3.8) is 0 Å². The molecule has 6 nitrogen and oxygen atoms in total. The molecular formula is C5H18N3O3PS. The van der Waals surface area contributed by atoms with Gasteiger partial charge in [-0.2, -0.15) is 0 Å². The fraction of sp³-hybridized carbons (Fsp3) is 1.00. The molecule has 0 aliphatic rings. The van der Waals surface area contributed by atoms with Crippen LogP contribution in [-0.2, 0) is 4.57 Å². The Balaban J connectivity index is 0. The summed E-state index contributed by atoms with van der Waals surface area (Å²) >= 11 is 0.665. The van der Waals surface area contributed by atoms with E-state index in [0.29, 0.717) is 30.2 Å². The van der Waals surface area contributed by atoms with E-state index >= 15 is 0 Å². The van der Waals surface area contributed by atoms with Gasteiger partial charge >= 0.3 is 6.80 Å². The Morgan fingerprint density at radius 2 is 2.00 bits per heavy atom. The third-order valence-electron chi connectivity index (χ3n) is 1.10. The summed E-state index contributed by atoms with van der Waals surface area (Å²) in [5.41, 5.74) is 5.24. The lowest BCUT2D eigenvalue weighted by Crippen LogP contribution is -2.20. The van der Waals surface area contributed by atoms with Gasteiger partial charge in [-0.3, -0.25) is 0 Å². The topological polar surface area (TPSA) is 131 Å². The molecule has 0 atom stereocenters. The second kappa shape index (κ2) is 8.96. The molecule has 0 aromatic heterocycles. The molecule has 0 unspecified atom stereocenters. The Labute approximate surface area is 82.1 Å². The fourth-order valence-corrected chi connectivity index (χ4v) is 2.05. The monoisotopic (exact) mass is 231 g/mol. The van der Waals surface area contributed by atoms with Gasteiger partial charge in [-0.15, -0.1) is 0 Å². The minimum Gasteiger partial charge on any atom is -0.344 e. The molecule has 0 aliphatic heterocycles. The summed E-state index contributed by atoms with van der Waals surface area (Å²) in [7, 11) is 0.